The van der Waals surface area contributed by atoms with E-state index in [-0.39, 0.29) is 18.8 Å². The molecule has 1 aromatic carbocycles. The Hall–Kier alpha value is -1.85. The van der Waals surface area contributed by atoms with E-state index in [4.69, 9.17) is 21.1 Å². The lowest BCUT2D eigenvalue weighted by atomic mass is 9.68. The Balaban J connectivity index is 2.23. The summed E-state index contributed by atoms with van der Waals surface area (Å²) in [5, 5.41) is 10.8. The average Bonchev–Trinajstić information content (AvgIpc) is 2.59. The minimum atomic E-state index is -1.46. The Labute approximate surface area is 146 Å². The molecule has 5 nitrogen and oxygen atoms in total. The van der Waals surface area contributed by atoms with Crippen LogP contribution in [0.1, 0.15) is 24.8 Å². The molecule has 0 amide bonds. The molecule has 2 atom stereocenters. The lowest BCUT2D eigenvalue weighted by Crippen LogP contribution is -2.48. The molecule has 0 aromatic heterocycles. The number of carbonyl (C=O) groups excluding carboxylic acids is 2. The monoisotopic (exact) mass is 352 g/mol. The van der Waals surface area contributed by atoms with E-state index in [1.807, 2.05) is 24.3 Å². The summed E-state index contributed by atoms with van der Waals surface area (Å²) in [6, 6.07) is 7.30. The van der Waals surface area contributed by atoms with Crippen LogP contribution >= 0.6 is 11.6 Å². The zero-order valence-electron chi connectivity index (χ0n) is 13.7. The van der Waals surface area contributed by atoms with Gasteiger partial charge in [0, 0.05) is 11.4 Å². The number of hydrogen-bond acceptors (Lipinski definition) is 5. The fraction of sp³-hybridized carbons (Fsp3) is 0.444. The lowest BCUT2D eigenvalue weighted by Gasteiger charge is -2.37. The summed E-state index contributed by atoms with van der Waals surface area (Å²) in [5.74, 6) is -1.49. The first kappa shape index (κ1) is 18.5. The van der Waals surface area contributed by atoms with Crippen molar-refractivity contribution in [3.63, 3.8) is 0 Å². The maximum atomic E-state index is 12.2. The van der Waals surface area contributed by atoms with Crippen LogP contribution in [-0.4, -0.2) is 37.4 Å². The van der Waals surface area contributed by atoms with Gasteiger partial charge in [0.15, 0.2) is 5.41 Å². The fourth-order valence-corrected chi connectivity index (χ4v) is 3.35. The molecule has 0 bridgehead atoms. The molecular formula is C18H21ClO5. The Bertz CT molecular complexity index is 607. The molecule has 1 fully saturated rings. The van der Waals surface area contributed by atoms with Crippen molar-refractivity contribution in [2.45, 2.75) is 25.4 Å². The quantitative estimate of drug-likeness (QED) is 0.666. The molecule has 1 aliphatic rings. The van der Waals surface area contributed by atoms with E-state index in [0.717, 1.165) is 5.56 Å². The molecule has 130 valence electrons. The number of esters is 2. The third kappa shape index (κ3) is 3.97. The van der Waals surface area contributed by atoms with Crippen molar-refractivity contribution in [2.24, 2.45) is 11.3 Å². The van der Waals surface area contributed by atoms with Crippen molar-refractivity contribution in [3.05, 3.63) is 40.9 Å². The topological polar surface area (TPSA) is 72.8 Å². The van der Waals surface area contributed by atoms with Gasteiger partial charge >= 0.3 is 11.9 Å². The number of rotatable bonds is 4. The first-order chi connectivity index (χ1) is 11.4. The highest BCUT2D eigenvalue weighted by Gasteiger charge is 2.53. The molecule has 24 heavy (non-hydrogen) atoms. The number of halogens is 1. The highest BCUT2D eigenvalue weighted by atomic mass is 35.5. The predicted molar refractivity (Wildman–Crippen MR) is 90.3 cm³/mol. The van der Waals surface area contributed by atoms with E-state index < -0.39 is 23.5 Å². The second kappa shape index (κ2) is 7.81. The highest BCUT2D eigenvalue weighted by Crippen LogP contribution is 2.42. The predicted octanol–water partition coefficient (Wildman–Crippen LogP) is 2.85. The minimum Gasteiger partial charge on any atom is -0.468 e. The van der Waals surface area contributed by atoms with Gasteiger partial charge in [-0.05, 0) is 36.5 Å². The van der Waals surface area contributed by atoms with Gasteiger partial charge in [-0.2, -0.15) is 0 Å². The van der Waals surface area contributed by atoms with E-state index in [1.165, 1.54) is 14.2 Å². The van der Waals surface area contributed by atoms with Gasteiger partial charge in [0.25, 0.3) is 0 Å². The number of aliphatic hydroxyl groups is 1. The van der Waals surface area contributed by atoms with Crippen LogP contribution in [0.5, 0.6) is 0 Å². The maximum Gasteiger partial charge on any atom is 0.323 e. The van der Waals surface area contributed by atoms with Crippen LogP contribution in [0.15, 0.2) is 30.3 Å². The summed E-state index contributed by atoms with van der Waals surface area (Å²) in [6.07, 6.45) is 3.73. The average molecular weight is 353 g/mol. The zero-order valence-corrected chi connectivity index (χ0v) is 14.5. The van der Waals surface area contributed by atoms with Crippen LogP contribution in [-0.2, 0) is 19.1 Å². The first-order valence-corrected chi connectivity index (χ1v) is 8.07. The molecule has 0 saturated heterocycles. The number of hydrogen-bond donors (Lipinski definition) is 1. The van der Waals surface area contributed by atoms with Gasteiger partial charge in [-0.15, -0.1) is 0 Å². The summed E-state index contributed by atoms with van der Waals surface area (Å²) in [6.45, 7) is 0. The molecule has 0 radical (unpaired) electrons. The smallest absolute Gasteiger partial charge is 0.323 e. The summed E-state index contributed by atoms with van der Waals surface area (Å²) in [4.78, 5) is 24.4. The second-order valence-corrected chi connectivity index (χ2v) is 6.47. The van der Waals surface area contributed by atoms with E-state index in [9.17, 15) is 14.7 Å². The maximum absolute atomic E-state index is 12.2. The lowest BCUT2D eigenvalue weighted by molar-refractivity contribution is -0.176. The van der Waals surface area contributed by atoms with Crippen LogP contribution in [0, 0.1) is 11.3 Å². The number of ether oxygens (including phenoxy) is 2. The number of carbonyl (C=O) groups is 2. The molecule has 1 aromatic rings. The van der Waals surface area contributed by atoms with Crippen molar-refractivity contribution < 1.29 is 24.2 Å². The first-order valence-electron chi connectivity index (χ1n) is 7.70. The molecule has 1 N–H and O–H groups in total. The van der Waals surface area contributed by atoms with Gasteiger partial charge in [-0.25, -0.2) is 0 Å². The molecule has 2 rings (SSSR count). The van der Waals surface area contributed by atoms with Crippen LogP contribution in [0.4, 0.5) is 0 Å². The van der Waals surface area contributed by atoms with Crippen LogP contribution in [0.3, 0.4) is 0 Å². The summed E-state index contributed by atoms with van der Waals surface area (Å²) >= 11 is 5.86. The molecule has 0 unspecified atom stereocenters. The Morgan fingerprint density at radius 1 is 1.17 bits per heavy atom. The Morgan fingerprint density at radius 3 is 2.29 bits per heavy atom. The highest BCUT2D eigenvalue weighted by molar-refractivity contribution is 6.30. The van der Waals surface area contributed by atoms with Crippen LogP contribution in [0.2, 0.25) is 5.02 Å². The van der Waals surface area contributed by atoms with E-state index in [1.54, 1.807) is 12.1 Å². The van der Waals surface area contributed by atoms with E-state index >= 15 is 0 Å². The van der Waals surface area contributed by atoms with Crippen molar-refractivity contribution in [3.8, 4) is 0 Å². The molecule has 1 saturated carbocycles. The summed E-state index contributed by atoms with van der Waals surface area (Å²) < 4.78 is 9.60. The van der Waals surface area contributed by atoms with Crippen molar-refractivity contribution in [2.75, 3.05) is 14.2 Å². The van der Waals surface area contributed by atoms with Gasteiger partial charge in [0.05, 0.1) is 20.3 Å². The third-order valence-electron chi connectivity index (χ3n) is 4.35. The van der Waals surface area contributed by atoms with Crippen LogP contribution in [0.25, 0.3) is 6.08 Å². The number of methoxy groups -OCH3 is 2. The van der Waals surface area contributed by atoms with Gasteiger partial charge in [0.1, 0.15) is 0 Å². The van der Waals surface area contributed by atoms with E-state index in [2.05, 4.69) is 0 Å². The van der Waals surface area contributed by atoms with Gasteiger partial charge in [0.2, 0.25) is 0 Å². The minimum absolute atomic E-state index is 0.0115. The normalized spacial score (nSPS) is 23.0. The summed E-state index contributed by atoms with van der Waals surface area (Å²) in [7, 11) is 2.46. The second-order valence-electron chi connectivity index (χ2n) is 6.03. The number of benzene rings is 1. The van der Waals surface area contributed by atoms with Gasteiger partial charge in [-0.1, -0.05) is 35.9 Å². The molecular weight excluding hydrogens is 332 g/mol. The molecule has 1 aliphatic carbocycles. The Kier molecular flexibility index (Phi) is 6.02. The van der Waals surface area contributed by atoms with Crippen molar-refractivity contribution in [1.29, 1.82) is 0 Å². The van der Waals surface area contributed by atoms with Crippen molar-refractivity contribution in [1.82, 2.24) is 0 Å². The van der Waals surface area contributed by atoms with Gasteiger partial charge in [-0.3, -0.25) is 9.59 Å². The van der Waals surface area contributed by atoms with Crippen LogP contribution < -0.4 is 0 Å². The largest absolute Gasteiger partial charge is 0.468 e. The standard InChI is InChI=1S/C18H21ClO5/c1-23-16(21)18(17(22)24-2)10-13(9-15(20)11-18)4-3-12-5-7-14(19)8-6-12/h3-8,13,15,20H,9-11H2,1-2H3/b4-3+/t13-,15-/m0/s1. The summed E-state index contributed by atoms with van der Waals surface area (Å²) in [5.41, 5.74) is -0.517. The zero-order chi connectivity index (χ0) is 17.7. The Morgan fingerprint density at radius 2 is 1.75 bits per heavy atom. The number of allylic oxidation sites excluding steroid dienone is 1. The molecule has 0 heterocycles. The van der Waals surface area contributed by atoms with Gasteiger partial charge < -0.3 is 14.6 Å². The SMILES string of the molecule is COC(=O)C1(C(=O)OC)C[C@@H](O)C[C@H](/C=C/c2ccc(Cl)cc2)C1. The van der Waals surface area contributed by atoms with E-state index in [0.29, 0.717) is 11.4 Å². The number of aliphatic hydroxyl groups excluding tert-OH is 1. The molecule has 0 aliphatic heterocycles. The third-order valence-corrected chi connectivity index (χ3v) is 4.60. The molecule has 6 heteroatoms. The van der Waals surface area contributed by atoms with Crippen molar-refractivity contribution >= 4 is 29.6 Å². The fourth-order valence-electron chi connectivity index (χ4n) is 3.22. The molecule has 0 spiro atoms.